The lowest BCUT2D eigenvalue weighted by molar-refractivity contribution is 0.677. The molecule has 0 amide bonds. The van der Waals surface area contributed by atoms with Crippen LogP contribution in [0.5, 0.6) is 0 Å². The van der Waals surface area contributed by atoms with Gasteiger partial charge in [0.25, 0.3) is 0 Å². The number of hydrogen-bond acceptors (Lipinski definition) is 3. The monoisotopic (exact) mass is 279 g/mol. The van der Waals surface area contributed by atoms with Gasteiger partial charge in [-0.2, -0.15) is 5.26 Å². The van der Waals surface area contributed by atoms with E-state index < -0.39 is 0 Å². The number of anilines is 1. The fourth-order valence-electron chi connectivity index (χ4n) is 2.19. The first-order chi connectivity index (χ1) is 7.76. The number of nitrogens with two attached hydrogens (primary N) is 1. The van der Waals surface area contributed by atoms with Crippen molar-refractivity contribution in [3.63, 3.8) is 0 Å². The molecular weight excluding hydrogens is 266 g/mol. The number of nitriles is 1. The van der Waals surface area contributed by atoms with Crippen molar-refractivity contribution in [1.82, 2.24) is 0 Å². The van der Waals surface area contributed by atoms with Crippen molar-refractivity contribution >= 4 is 21.6 Å². The Kier molecular flexibility index (Phi) is 3.47. The van der Waals surface area contributed by atoms with Crippen LogP contribution in [0.2, 0.25) is 0 Å². The van der Waals surface area contributed by atoms with Crippen LogP contribution in [0.1, 0.15) is 18.4 Å². The van der Waals surface area contributed by atoms with E-state index >= 15 is 0 Å². The Labute approximate surface area is 104 Å². The van der Waals surface area contributed by atoms with Crippen molar-refractivity contribution in [2.24, 2.45) is 5.73 Å². The van der Waals surface area contributed by atoms with E-state index in [2.05, 4.69) is 26.9 Å². The summed E-state index contributed by atoms with van der Waals surface area (Å²) in [6, 6.07) is 8.45. The van der Waals surface area contributed by atoms with Crippen molar-refractivity contribution in [3.8, 4) is 6.07 Å². The van der Waals surface area contributed by atoms with Gasteiger partial charge in [-0.1, -0.05) is 0 Å². The van der Waals surface area contributed by atoms with Crippen LogP contribution in [-0.2, 0) is 0 Å². The highest BCUT2D eigenvalue weighted by Gasteiger charge is 2.23. The van der Waals surface area contributed by atoms with Gasteiger partial charge in [-0.05, 0) is 47.0 Å². The van der Waals surface area contributed by atoms with E-state index in [9.17, 15) is 0 Å². The molecule has 1 aromatic rings. The molecule has 16 heavy (non-hydrogen) atoms. The lowest BCUT2D eigenvalue weighted by Gasteiger charge is -2.26. The zero-order valence-corrected chi connectivity index (χ0v) is 10.6. The second-order valence-corrected chi connectivity index (χ2v) is 4.86. The smallest absolute Gasteiger partial charge is 0.100 e. The summed E-state index contributed by atoms with van der Waals surface area (Å²) in [6.45, 7) is 1.75. The van der Waals surface area contributed by atoms with Crippen LogP contribution >= 0.6 is 15.9 Å². The highest BCUT2D eigenvalue weighted by Crippen LogP contribution is 2.29. The predicted octanol–water partition coefficient (Wildman–Crippen LogP) is 2.25. The number of benzene rings is 1. The topological polar surface area (TPSA) is 53.0 Å². The normalized spacial score (nSPS) is 19.8. The van der Waals surface area contributed by atoms with Crippen molar-refractivity contribution in [2.75, 3.05) is 18.0 Å². The lowest BCUT2D eigenvalue weighted by atomic mass is 10.2. The highest BCUT2D eigenvalue weighted by molar-refractivity contribution is 9.10. The molecule has 4 heteroatoms. The number of halogens is 1. The first-order valence-corrected chi connectivity index (χ1v) is 6.22. The van der Waals surface area contributed by atoms with Gasteiger partial charge >= 0.3 is 0 Å². The molecule has 1 aliphatic heterocycles. The standard InChI is InChI=1S/C12H14BrN3/c13-12-6-10(4-3-9(12)7-14)16-5-1-2-11(16)8-15/h3-4,6,11H,1-2,5,8,15H2. The van der Waals surface area contributed by atoms with Crippen LogP contribution in [0.3, 0.4) is 0 Å². The molecule has 0 radical (unpaired) electrons. The summed E-state index contributed by atoms with van der Waals surface area (Å²) < 4.78 is 0.857. The molecule has 0 aromatic heterocycles. The van der Waals surface area contributed by atoms with Gasteiger partial charge < -0.3 is 10.6 Å². The molecule has 3 nitrogen and oxygen atoms in total. The SMILES string of the molecule is N#Cc1ccc(N2CCCC2CN)cc1Br. The molecule has 0 bridgehead atoms. The molecule has 2 rings (SSSR count). The molecule has 1 aliphatic rings. The highest BCUT2D eigenvalue weighted by atomic mass is 79.9. The molecule has 0 spiro atoms. The van der Waals surface area contributed by atoms with E-state index in [1.54, 1.807) is 0 Å². The molecule has 1 aromatic carbocycles. The van der Waals surface area contributed by atoms with Gasteiger partial charge in [-0.15, -0.1) is 0 Å². The van der Waals surface area contributed by atoms with Gasteiger partial charge in [0.05, 0.1) is 5.56 Å². The summed E-state index contributed by atoms with van der Waals surface area (Å²) in [5, 5.41) is 8.86. The number of hydrogen-bond donors (Lipinski definition) is 1. The Hall–Kier alpha value is -1.05. The average molecular weight is 280 g/mol. The van der Waals surface area contributed by atoms with E-state index in [1.165, 1.54) is 6.42 Å². The first-order valence-electron chi connectivity index (χ1n) is 5.42. The van der Waals surface area contributed by atoms with Crippen LogP contribution in [0.15, 0.2) is 22.7 Å². The quantitative estimate of drug-likeness (QED) is 0.904. The Balaban J connectivity index is 2.28. The van der Waals surface area contributed by atoms with E-state index in [0.717, 1.165) is 23.1 Å². The third kappa shape index (κ3) is 2.06. The summed E-state index contributed by atoms with van der Waals surface area (Å²) in [5.74, 6) is 0. The van der Waals surface area contributed by atoms with E-state index in [0.29, 0.717) is 18.2 Å². The van der Waals surface area contributed by atoms with E-state index in [1.807, 2.05) is 18.2 Å². The summed E-state index contributed by atoms with van der Waals surface area (Å²) in [6.07, 6.45) is 2.35. The summed E-state index contributed by atoms with van der Waals surface area (Å²) in [4.78, 5) is 2.33. The van der Waals surface area contributed by atoms with Crippen molar-refractivity contribution in [3.05, 3.63) is 28.2 Å². The Bertz CT molecular complexity index is 425. The van der Waals surface area contributed by atoms with Gasteiger partial charge in [-0.25, -0.2) is 0 Å². The third-order valence-corrected chi connectivity index (χ3v) is 3.71. The van der Waals surface area contributed by atoms with Crippen LogP contribution in [0, 0.1) is 11.3 Å². The van der Waals surface area contributed by atoms with Crippen LogP contribution in [-0.4, -0.2) is 19.1 Å². The molecule has 0 aliphatic carbocycles. The van der Waals surface area contributed by atoms with Gasteiger partial charge in [0.1, 0.15) is 6.07 Å². The fourth-order valence-corrected chi connectivity index (χ4v) is 2.65. The van der Waals surface area contributed by atoms with Gasteiger partial charge in [0, 0.05) is 29.3 Å². The molecule has 84 valence electrons. The molecule has 1 heterocycles. The largest absolute Gasteiger partial charge is 0.367 e. The molecule has 1 fully saturated rings. The fraction of sp³-hybridized carbons (Fsp3) is 0.417. The Morgan fingerprint density at radius 3 is 3.00 bits per heavy atom. The summed E-state index contributed by atoms with van der Waals surface area (Å²) in [5.41, 5.74) is 7.57. The van der Waals surface area contributed by atoms with Crippen molar-refractivity contribution in [2.45, 2.75) is 18.9 Å². The Morgan fingerprint density at radius 1 is 1.56 bits per heavy atom. The molecular formula is C12H14BrN3. The molecule has 1 saturated heterocycles. The summed E-state index contributed by atoms with van der Waals surface area (Å²) in [7, 11) is 0. The maximum atomic E-state index is 8.86. The third-order valence-electron chi connectivity index (χ3n) is 3.05. The maximum Gasteiger partial charge on any atom is 0.100 e. The summed E-state index contributed by atoms with van der Waals surface area (Å²) >= 11 is 3.42. The molecule has 1 unspecified atom stereocenters. The maximum absolute atomic E-state index is 8.86. The van der Waals surface area contributed by atoms with Gasteiger partial charge in [0.2, 0.25) is 0 Å². The molecule has 0 saturated carbocycles. The first kappa shape index (κ1) is 11.4. The van der Waals surface area contributed by atoms with Gasteiger partial charge in [-0.3, -0.25) is 0 Å². The number of nitrogens with zero attached hydrogens (tertiary/aromatic N) is 2. The van der Waals surface area contributed by atoms with Crippen molar-refractivity contribution in [1.29, 1.82) is 5.26 Å². The minimum atomic E-state index is 0.444. The number of rotatable bonds is 2. The predicted molar refractivity (Wildman–Crippen MR) is 68.3 cm³/mol. The minimum Gasteiger partial charge on any atom is -0.367 e. The van der Waals surface area contributed by atoms with Gasteiger partial charge in [0.15, 0.2) is 0 Å². The second kappa shape index (κ2) is 4.86. The lowest BCUT2D eigenvalue weighted by Crippen LogP contribution is -2.35. The van der Waals surface area contributed by atoms with E-state index in [-0.39, 0.29) is 0 Å². The van der Waals surface area contributed by atoms with Crippen LogP contribution in [0.4, 0.5) is 5.69 Å². The average Bonchev–Trinajstić information content (AvgIpc) is 2.77. The van der Waals surface area contributed by atoms with Crippen LogP contribution < -0.4 is 10.6 Å². The minimum absolute atomic E-state index is 0.444. The molecule has 1 atom stereocenters. The zero-order valence-electron chi connectivity index (χ0n) is 8.99. The van der Waals surface area contributed by atoms with E-state index in [4.69, 9.17) is 11.0 Å². The van der Waals surface area contributed by atoms with Crippen LogP contribution in [0.25, 0.3) is 0 Å². The molecule has 2 N–H and O–H groups in total. The Morgan fingerprint density at radius 2 is 2.38 bits per heavy atom. The zero-order chi connectivity index (χ0) is 11.5. The van der Waals surface area contributed by atoms with Crippen molar-refractivity contribution < 1.29 is 0 Å². The second-order valence-electron chi connectivity index (χ2n) is 4.00.